The van der Waals surface area contributed by atoms with E-state index in [1.54, 1.807) is 38.1 Å². The van der Waals surface area contributed by atoms with Crippen LogP contribution in [-0.4, -0.2) is 36.8 Å². The SMILES string of the molecule is Cc1n[nH]c(C)c1N(c1cccc(C(=O)NC2C3CC4CC2CC(C(N)=O)(C4)C3)c1)S(=O)O. The van der Waals surface area contributed by atoms with Crippen LogP contribution in [0.5, 0.6) is 0 Å². The van der Waals surface area contributed by atoms with Gasteiger partial charge in [0.25, 0.3) is 17.2 Å². The average Bonchev–Trinajstić information content (AvgIpc) is 3.08. The molecule has 0 radical (unpaired) electrons. The summed E-state index contributed by atoms with van der Waals surface area (Å²) in [7, 11) is 0. The number of nitrogens with zero attached hydrogens (tertiary/aromatic N) is 2. The molecule has 0 spiro atoms. The zero-order chi connectivity index (χ0) is 23.5. The standard InChI is InChI=1S/C23H29N5O4S/c1-12-20(13(2)27-26-12)28(33(31)32)18-5-3-4-15(8-18)21(29)25-19-16-6-14-7-17(19)11-23(9-14,10-16)22(24)30/h3-5,8,14,16-17,19H,6-7,9-11H2,1-2H3,(H2,24,30)(H,25,29)(H,26,27)(H,31,32). The maximum absolute atomic E-state index is 13.2. The maximum Gasteiger partial charge on any atom is 0.266 e. The van der Waals surface area contributed by atoms with Crippen LogP contribution >= 0.6 is 0 Å². The van der Waals surface area contributed by atoms with Crippen molar-refractivity contribution in [3.8, 4) is 0 Å². The van der Waals surface area contributed by atoms with Crippen molar-refractivity contribution in [3.63, 3.8) is 0 Å². The zero-order valence-electron chi connectivity index (χ0n) is 18.7. The average molecular weight is 472 g/mol. The molecule has 4 fully saturated rings. The summed E-state index contributed by atoms with van der Waals surface area (Å²) in [5.41, 5.74) is 7.96. The number of aryl methyl sites for hydroxylation is 2. The topological polar surface area (TPSA) is 141 Å². The number of primary amides is 1. The van der Waals surface area contributed by atoms with Crippen molar-refractivity contribution in [2.24, 2.45) is 28.9 Å². The third-order valence-electron chi connectivity index (χ3n) is 7.88. The lowest BCUT2D eigenvalue weighted by molar-refractivity contribution is -0.145. The molecule has 1 heterocycles. The monoisotopic (exact) mass is 471 g/mol. The molecule has 0 saturated heterocycles. The molecular weight excluding hydrogens is 442 g/mol. The van der Waals surface area contributed by atoms with Crippen LogP contribution in [0.1, 0.15) is 53.8 Å². The Bertz CT molecular complexity index is 1110. The van der Waals surface area contributed by atoms with Gasteiger partial charge in [-0.05, 0) is 81.9 Å². The fourth-order valence-corrected chi connectivity index (χ4v) is 7.43. The summed E-state index contributed by atoms with van der Waals surface area (Å²) in [4.78, 5) is 25.4. The van der Waals surface area contributed by atoms with Gasteiger partial charge in [0.2, 0.25) is 5.91 Å². The number of nitrogens with two attached hydrogens (primary N) is 1. The zero-order valence-corrected chi connectivity index (χ0v) is 19.5. The summed E-state index contributed by atoms with van der Waals surface area (Å²) < 4.78 is 23.5. The Hall–Kier alpha value is -2.72. The number of carbonyl (C=O) groups excluding carboxylic acids is 2. The Morgan fingerprint density at radius 2 is 1.94 bits per heavy atom. The second kappa shape index (κ2) is 7.95. The first-order chi connectivity index (χ1) is 15.7. The van der Waals surface area contributed by atoms with Crippen LogP contribution in [0, 0.1) is 37.0 Å². The Balaban J connectivity index is 1.38. The van der Waals surface area contributed by atoms with Gasteiger partial charge in [-0.15, -0.1) is 0 Å². The maximum atomic E-state index is 13.2. The number of rotatable bonds is 6. The molecule has 4 aliphatic rings. The molecular formula is C23H29N5O4S. The summed E-state index contributed by atoms with van der Waals surface area (Å²) >= 11 is -2.35. The van der Waals surface area contributed by atoms with Gasteiger partial charge in [0.05, 0.1) is 17.1 Å². The van der Waals surface area contributed by atoms with E-state index in [9.17, 15) is 18.4 Å². The number of anilines is 2. The number of nitrogens with one attached hydrogen (secondary N) is 2. The highest BCUT2D eigenvalue weighted by atomic mass is 32.2. The lowest BCUT2D eigenvalue weighted by atomic mass is 9.47. The minimum Gasteiger partial charge on any atom is -0.369 e. The number of benzene rings is 1. The molecule has 4 saturated carbocycles. The van der Waals surface area contributed by atoms with Crippen molar-refractivity contribution in [1.82, 2.24) is 15.5 Å². The second-order valence-corrected chi connectivity index (χ2v) is 10.8. The van der Waals surface area contributed by atoms with Crippen LogP contribution in [-0.2, 0) is 16.1 Å². The summed E-state index contributed by atoms with van der Waals surface area (Å²) in [6.45, 7) is 3.53. The minimum absolute atomic E-state index is 0.0200. The van der Waals surface area contributed by atoms with Gasteiger partial charge in [-0.2, -0.15) is 5.10 Å². The van der Waals surface area contributed by atoms with Crippen molar-refractivity contribution in [1.29, 1.82) is 0 Å². The van der Waals surface area contributed by atoms with E-state index in [0.717, 1.165) is 32.1 Å². The van der Waals surface area contributed by atoms with Gasteiger partial charge in [-0.25, -0.2) is 8.51 Å². The lowest BCUT2D eigenvalue weighted by Crippen LogP contribution is -2.62. The van der Waals surface area contributed by atoms with E-state index in [2.05, 4.69) is 15.5 Å². The molecule has 2 aromatic rings. The molecule has 9 nitrogen and oxygen atoms in total. The van der Waals surface area contributed by atoms with Gasteiger partial charge in [-0.1, -0.05) is 6.07 Å². The molecule has 3 atom stereocenters. The summed E-state index contributed by atoms with van der Waals surface area (Å²) in [5, 5.41) is 10.2. The molecule has 1 aromatic carbocycles. The summed E-state index contributed by atoms with van der Waals surface area (Å²) in [6.07, 6.45) is 4.42. The molecule has 176 valence electrons. The van der Waals surface area contributed by atoms with Crippen molar-refractivity contribution in [2.75, 3.05) is 4.31 Å². The van der Waals surface area contributed by atoms with E-state index in [1.807, 2.05) is 0 Å². The molecule has 1 aromatic heterocycles. The van der Waals surface area contributed by atoms with E-state index in [1.165, 1.54) is 4.31 Å². The smallest absolute Gasteiger partial charge is 0.266 e. The molecule has 33 heavy (non-hydrogen) atoms. The van der Waals surface area contributed by atoms with Crippen molar-refractivity contribution in [3.05, 3.63) is 41.2 Å². The Morgan fingerprint density at radius 1 is 1.24 bits per heavy atom. The number of carbonyl (C=O) groups is 2. The predicted octanol–water partition coefficient (Wildman–Crippen LogP) is 2.71. The molecule has 0 aliphatic heterocycles. The second-order valence-electron chi connectivity index (χ2n) is 9.97. The Kier molecular flexibility index (Phi) is 5.32. The highest BCUT2D eigenvalue weighted by Crippen LogP contribution is 2.59. The molecule has 2 amide bonds. The number of hydrogen-bond acceptors (Lipinski definition) is 4. The van der Waals surface area contributed by atoms with Crippen molar-refractivity contribution < 1.29 is 18.4 Å². The number of amides is 2. The number of aromatic amines is 1. The number of aromatic nitrogens is 2. The van der Waals surface area contributed by atoms with E-state index in [0.29, 0.717) is 34.2 Å². The first-order valence-electron chi connectivity index (χ1n) is 11.3. The van der Waals surface area contributed by atoms with Gasteiger partial charge in [0.1, 0.15) is 5.69 Å². The summed E-state index contributed by atoms with van der Waals surface area (Å²) in [5.74, 6) is 0.621. The van der Waals surface area contributed by atoms with E-state index in [4.69, 9.17) is 5.73 Å². The van der Waals surface area contributed by atoms with Crippen LogP contribution in [0.2, 0.25) is 0 Å². The van der Waals surface area contributed by atoms with Crippen LogP contribution < -0.4 is 15.4 Å². The third-order valence-corrected chi connectivity index (χ3v) is 8.59. The molecule has 4 bridgehead atoms. The van der Waals surface area contributed by atoms with E-state index >= 15 is 0 Å². The molecule has 5 N–H and O–H groups in total. The van der Waals surface area contributed by atoms with Gasteiger partial charge in [0, 0.05) is 17.0 Å². The Labute approximate surface area is 194 Å². The van der Waals surface area contributed by atoms with Gasteiger partial charge >= 0.3 is 0 Å². The van der Waals surface area contributed by atoms with Crippen LogP contribution in [0.3, 0.4) is 0 Å². The fraction of sp³-hybridized carbons (Fsp3) is 0.522. The number of H-pyrrole nitrogens is 1. The predicted molar refractivity (Wildman–Crippen MR) is 124 cm³/mol. The molecule has 4 aliphatic carbocycles. The minimum atomic E-state index is -2.35. The molecule has 3 unspecified atom stereocenters. The largest absolute Gasteiger partial charge is 0.369 e. The third kappa shape index (κ3) is 3.65. The Morgan fingerprint density at radius 3 is 2.52 bits per heavy atom. The fourth-order valence-electron chi connectivity index (χ4n) is 6.71. The van der Waals surface area contributed by atoms with Gasteiger partial charge < -0.3 is 11.1 Å². The first-order valence-corrected chi connectivity index (χ1v) is 12.4. The van der Waals surface area contributed by atoms with Gasteiger partial charge in [0.15, 0.2) is 0 Å². The summed E-state index contributed by atoms with van der Waals surface area (Å²) in [6, 6.07) is 6.74. The quantitative estimate of drug-likeness (QED) is 0.479. The number of hydrogen-bond donors (Lipinski definition) is 4. The molecule has 10 heteroatoms. The van der Waals surface area contributed by atoms with Crippen LogP contribution in [0.25, 0.3) is 0 Å². The highest BCUT2D eigenvalue weighted by molar-refractivity contribution is 7.81. The van der Waals surface area contributed by atoms with Crippen LogP contribution in [0.4, 0.5) is 11.4 Å². The highest BCUT2D eigenvalue weighted by Gasteiger charge is 2.58. The first kappa shape index (κ1) is 22.1. The van der Waals surface area contributed by atoms with Crippen molar-refractivity contribution >= 4 is 34.5 Å². The normalized spacial score (nSPS) is 30.8. The van der Waals surface area contributed by atoms with E-state index < -0.39 is 16.7 Å². The van der Waals surface area contributed by atoms with Crippen LogP contribution in [0.15, 0.2) is 24.3 Å². The van der Waals surface area contributed by atoms with E-state index in [-0.39, 0.29) is 29.7 Å². The lowest BCUT2D eigenvalue weighted by Gasteiger charge is -2.58. The molecule has 6 rings (SSSR count). The van der Waals surface area contributed by atoms with Crippen molar-refractivity contribution in [2.45, 2.75) is 52.0 Å². The van der Waals surface area contributed by atoms with Gasteiger partial charge in [-0.3, -0.25) is 19.2 Å².